The van der Waals surface area contributed by atoms with Crippen molar-refractivity contribution in [2.45, 2.75) is 39.0 Å². The Bertz CT molecular complexity index is 1190. The number of carbonyl (C=O) groups is 1. The highest BCUT2D eigenvalue weighted by Crippen LogP contribution is 2.37. The third-order valence-corrected chi connectivity index (χ3v) is 5.35. The van der Waals surface area contributed by atoms with E-state index in [2.05, 4.69) is 15.0 Å². The normalized spacial score (nSPS) is 14.1. The average molecular weight is 493 g/mol. The van der Waals surface area contributed by atoms with Gasteiger partial charge in [-0.15, -0.1) is 0 Å². The quantitative estimate of drug-likeness (QED) is 0.388. The van der Waals surface area contributed by atoms with Crippen LogP contribution in [0.15, 0.2) is 40.8 Å². The lowest BCUT2D eigenvalue weighted by atomic mass is 10.2. The molecule has 7 nitrogen and oxygen atoms in total. The topological polar surface area (TPSA) is 99.6 Å². The van der Waals surface area contributed by atoms with E-state index in [4.69, 9.17) is 14.9 Å². The van der Waals surface area contributed by atoms with Crippen LogP contribution < -0.4 is 20.5 Å². The first-order valence-electron chi connectivity index (χ1n) is 10.9. The van der Waals surface area contributed by atoms with Crippen LogP contribution >= 0.6 is 0 Å². The molecule has 1 aromatic heterocycles. The fraction of sp³-hybridized carbons (Fsp3) is 0.333. The second-order valence-corrected chi connectivity index (χ2v) is 8.20. The van der Waals surface area contributed by atoms with E-state index in [1.807, 2.05) is 0 Å². The van der Waals surface area contributed by atoms with Crippen LogP contribution in [0.25, 0.3) is 11.5 Å². The first kappa shape index (κ1) is 24.5. The van der Waals surface area contributed by atoms with E-state index >= 15 is 0 Å². The number of nitrogens with two attached hydrogens (primary N) is 1. The molecule has 1 aliphatic rings. The molecule has 4 rings (SSSR count). The summed E-state index contributed by atoms with van der Waals surface area (Å²) in [6, 6.07) is 6.78. The van der Waals surface area contributed by atoms with Gasteiger partial charge in [0.1, 0.15) is 11.6 Å². The Hall–Kier alpha value is -3.60. The molecule has 1 fully saturated rings. The molecule has 1 unspecified atom stereocenters. The van der Waals surface area contributed by atoms with E-state index in [1.54, 1.807) is 6.92 Å². The molecule has 1 saturated carbocycles. The van der Waals surface area contributed by atoms with E-state index in [0.29, 0.717) is 18.1 Å². The zero-order valence-electron chi connectivity index (χ0n) is 18.7. The van der Waals surface area contributed by atoms with Gasteiger partial charge in [0.2, 0.25) is 5.89 Å². The van der Waals surface area contributed by atoms with Crippen molar-refractivity contribution < 1.29 is 36.2 Å². The lowest BCUT2D eigenvalue weighted by Crippen LogP contribution is -2.26. The molecule has 35 heavy (non-hydrogen) atoms. The lowest BCUT2D eigenvalue weighted by molar-refractivity contribution is -0.0515. The van der Waals surface area contributed by atoms with Crippen molar-refractivity contribution in [2.24, 2.45) is 11.7 Å². The molecule has 0 aliphatic heterocycles. The predicted octanol–water partition coefficient (Wildman–Crippen LogP) is 4.96. The molecular formula is C24H23F4N3O4. The number of aromatic nitrogens is 1. The minimum Gasteiger partial charge on any atom is -0.489 e. The summed E-state index contributed by atoms with van der Waals surface area (Å²) >= 11 is 0. The van der Waals surface area contributed by atoms with Gasteiger partial charge in [0.15, 0.2) is 23.0 Å². The molecule has 1 amide bonds. The molecule has 1 aliphatic carbocycles. The second-order valence-electron chi connectivity index (χ2n) is 8.20. The monoisotopic (exact) mass is 493 g/mol. The highest BCUT2D eigenvalue weighted by Gasteiger charge is 2.26. The van der Waals surface area contributed by atoms with E-state index in [0.717, 1.165) is 25.0 Å². The van der Waals surface area contributed by atoms with Crippen LogP contribution in [0.4, 0.5) is 17.6 Å². The van der Waals surface area contributed by atoms with Gasteiger partial charge in [-0.1, -0.05) is 6.07 Å². The van der Waals surface area contributed by atoms with Crippen molar-refractivity contribution in [1.82, 2.24) is 10.3 Å². The van der Waals surface area contributed by atoms with Crippen LogP contribution in [-0.4, -0.2) is 24.1 Å². The average Bonchev–Trinajstić information content (AvgIpc) is 3.52. The van der Waals surface area contributed by atoms with Crippen LogP contribution in [0.3, 0.4) is 0 Å². The number of amides is 1. The SMILES string of the molecule is CC(N)c1oc(-c2ccc(OC(F)F)c(OCC3CC3)c2)nc1C(=O)NCc1c(F)cccc1F. The van der Waals surface area contributed by atoms with Crippen molar-refractivity contribution in [2.75, 3.05) is 6.61 Å². The summed E-state index contributed by atoms with van der Waals surface area (Å²) < 4.78 is 69.3. The number of rotatable bonds is 10. The van der Waals surface area contributed by atoms with Crippen molar-refractivity contribution in [3.63, 3.8) is 0 Å². The summed E-state index contributed by atoms with van der Waals surface area (Å²) in [6.45, 7) is -1.54. The van der Waals surface area contributed by atoms with Gasteiger partial charge in [-0.25, -0.2) is 13.8 Å². The first-order valence-corrected chi connectivity index (χ1v) is 10.9. The van der Waals surface area contributed by atoms with Gasteiger partial charge in [0, 0.05) is 17.7 Å². The molecule has 0 bridgehead atoms. The van der Waals surface area contributed by atoms with Crippen molar-refractivity contribution in [3.05, 3.63) is 65.1 Å². The van der Waals surface area contributed by atoms with E-state index in [-0.39, 0.29) is 34.4 Å². The Morgan fingerprint density at radius 2 is 1.91 bits per heavy atom. The molecule has 3 aromatic rings. The minimum absolute atomic E-state index is 0.0145. The number of hydrogen-bond donors (Lipinski definition) is 2. The Labute approximate surface area is 198 Å². The smallest absolute Gasteiger partial charge is 0.387 e. The Morgan fingerprint density at radius 3 is 2.54 bits per heavy atom. The van der Waals surface area contributed by atoms with Crippen LogP contribution in [0.2, 0.25) is 0 Å². The number of carbonyl (C=O) groups excluding carboxylic acids is 1. The number of ether oxygens (including phenoxy) is 2. The van der Waals surface area contributed by atoms with Gasteiger partial charge >= 0.3 is 6.61 Å². The molecule has 3 N–H and O–H groups in total. The summed E-state index contributed by atoms with van der Waals surface area (Å²) in [4.78, 5) is 17.0. The maximum absolute atomic E-state index is 13.9. The second kappa shape index (κ2) is 10.3. The van der Waals surface area contributed by atoms with Gasteiger partial charge in [-0.05, 0) is 56.0 Å². The maximum atomic E-state index is 13.9. The Morgan fingerprint density at radius 1 is 1.20 bits per heavy atom. The van der Waals surface area contributed by atoms with Gasteiger partial charge < -0.3 is 24.9 Å². The fourth-order valence-corrected chi connectivity index (χ4v) is 3.32. The third kappa shape index (κ3) is 5.91. The summed E-state index contributed by atoms with van der Waals surface area (Å²) in [5.74, 6) is -2.03. The van der Waals surface area contributed by atoms with E-state index < -0.39 is 36.7 Å². The highest BCUT2D eigenvalue weighted by atomic mass is 19.3. The van der Waals surface area contributed by atoms with E-state index in [1.165, 1.54) is 24.3 Å². The van der Waals surface area contributed by atoms with Crippen LogP contribution in [0.5, 0.6) is 11.5 Å². The summed E-state index contributed by atoms with van der Waals surface area (Å²) in [6.07, 6.45) is 1.99. The Kier molecular flexibility index (Phi) is 7.25. The molecule has 0 spiro atoms. The first-order chi connectivity index (χ1) is 16.7. The van der Waals surface area contributed by atoms with Gasteiger partial charge in [-0.3, -0.25) is 4.79 Å². The largest absolute Gasteiger partial charge is 0.489 e. The third-order valence-electron chi connectivity index (χ3n) is 5.35. The lowest BCUT2D eigenvalue weighted by Gasteiger charge is -2.12. The van der Waals surface area contributed by atoms with Gasteiger partial charge in [-0.2, -0.15) is 8.78 Å². The molecule has 11 heteroatoms. The molecular weight excluding hydrogens is 470 g/mol. The predicted molar refractivity (Wildman–Crippen MR) is 117 cm³/mol. The van der Waals surface area contributed by atoms with Crippen molar-refractivity contribution >= 4 is 5.91 Å². The Balaban J connectivity index is 1.59. The molecule has 0 radical (unpaired) electrons. The van der Waals surface area contributed by atoms with Crippen LogP contribution in [0.1, 0.15) is 47.6 Å². The maximum Gasteiger partial charge on any atom is 0.387 e. The van der Waals surface area contributed by atoms with Crippen LogP contribution in [-0.2, 0) is 6.54 Å². The van der Waals surface area contributed by atoms with E-state index in [9.17, 15) is 22.4 Å². The molecule has 1 heterocycles. The molecule has 186 valence electrons. The molecule has 2 aromatic carbocycles. The number of alkyl halides is 2. The number of nitrogens with one attached hydrogen (secondary N) is 1. The van der Waals surface area contributed by atoms with Gasteiger partial charge in [0.05, 0.1) is 12.6 Å². The van der Waals surface area contributed by atoms with Gasteiger partial charge in [0.25, 0.3) is 5.91 Å². The standard InChI is InChI=1S/C24H23F4N3O4/c1-12(29)21-20(22(32)30-10-15-16(25)3-2-4-17(15)26)31-23(35-21)14-7-8-18(34-24(27)28)19(9-14)33-11-13-5-6-13/h2-4,7-9,12-13,24H,5-6,10-11,29H2,1H3,(H,30,32). The molecule has 0 saturated heterocycles. The molecule has 1 atom stereocenters. The minimum atomic E-state index is -3.04. The van der Waals surface area contributed by atoms with Crippen molar-refractivity contribution in [3.8, 4) is 23.0 Å². The summed E-state index contributed by atoms with van der Waals surface area (Å²) in [7, 11) is 0. The number of nitrogens with zero attached hydrogens (tertiary/aromatic N) is 1. The highest BCUT2D eigenvalue weighted by molar-refractivity contribution is 5.94. The fourth-order valence-electron chi connectivity index (χ4n) is 3.32. The zero-order chi connectivity index (χ0) is 25.1. The van der Waals surface area contributed by atoms with Crippen molar-refractivity contribution in [1.29, 1.82) is 0 Å². The number of oxazole rings is 1. The number of hydrogen-bond acceptors (Lipinski definition) is 6. The summed E-state index contributed by atoms with van der Waals surface area (Å²) in [5, 5.41) is 2.41. The summed E-state index contributed by atoms with van der Waals surface area (Å²) in [5.41, 5.74) is 5.79. The number of benzene rings is 2. The van der Waals surface area contributed by atoms with Crippen LogP contribution in [0, 0.1) is 17.6 Å². The number of halogens is 4. The zero-order valence-corrected chi connectivity index (χ0v) is 18.7.